The third-order valence-electron chi connectivity index (χ3n) is 9.23. The summed E-state index contributed by atoms with van der Waals surface area (Å²) in [7, 11) is 0. The molecular weight excluding hydrogens is 669 g/mol. The molecule has 0 unspecified atom stereocenters. The highest BCUT2D eigenvalue weighted by Gasteiger charge is 2.22. The summed E-state index contributed by atoms with van der Waals surface area (Å²) in [5, 5.41) is 3.43. The summed E-state index contributed by atoms with van der Waals surface area (Å²) in [4.78, 5) is 29.7. The van der Waals surface area contributed by atoms with Gasteiger partial charge in [-0.05, 0) is 94.4 Å². The molecular formula is C48H40N2O4. The number of hydrogen-bond donors (Lipinski definition) is 0. The van der Waals surface area contributed by atoms with Crippen molar-refractivity contribution in [1.82, 2.24) is 0 Å². The van der Waals surface area contributed by atoms with E-state index in [-0.39, 0.29) is 0 Å². The Morgan fingerprint density at radius 1 is 0.444 bits per heavy atom. The van der Waals surface area contributed by atoms with E-state index in [1.165, 1.54) is 0 Å². The molecule has 7 rings (SSSR count). The topological polar surface area (TPSA) is 59.1 Å². The van der Waals surface area contributed by atoms with Crippen LogP contribution in [0.2, 0.25) is 0 Å². The van der Waals surface area contributed by atoms with Crippen LogP contribution in [0.3, 0.4) is 0 Å². The first-order valence-corrected chi connectivity index (χ1v) is 17.7. The highest BCUT2D eigenvalue weighted by molar-refractivity contribution is 6.05. The number of carbonyl (C=O) groups excluding carboxylic acids is 2. The number of rotatable bonds is 10. The van der Waals surface area contributed by atoms with Crippen LogP contribution >= 0.6 is 0 Å². The summed E-state index contributed by atoms with van der Waals surface area (Å²) in [6.07, 6.45) is 0. The summed E-state index contributed by atoms with van der Waals surface area (Å²) in [6.45, 7) is 14.9. The van der Waals surface area contributed by atoms with Crippen LogP contribution < -0.4 is 19.3 Å². The molecule has 0 saturated heterocycles. The molecule has 0 N–H and O–H groups in total. The number of aryl methyl sites for hydroxylation is 2. The zero-order chi connectivity index (χ0) is 37.9. The summed E-state index contributed by atoms with van der Waals surface area (Å²) in [5.41, 5.74) is 8.54. The molecule has 54 heavy (non-hydrogen) atoms. The largest absolute Gasteiger partial charge is 0.423 e. The first-order valence-electron chi connectivity index (χ1n) is 17.7. The lowest BCUT2D eigenvalue weighted by atomic mass is 10.0. The van der Waals surface area contributed by atoms with Crippen LogP contribution in [-0.4, -0.2) is 11.9 Å². The fourth-order valence-corrected chi connectivity index (χ4v) is 6.48. The Balaban J connectivity index is 1.43. The lowest BCUT2D eigenvalue weighted by Crippen LogP contribution is -2.14. The molecule has 6 heteroatoms. The molecule has 0 fully saturated rings. The van der Waals surface area contributed by atoms with Crippen molar-refractivity contribution in [3.05, 3.63) is 181 Å². The zero-order valence-electron chi connectivity index (χ0n) is 30.8. The third kappa shape index (κ3) is 7.10. The molecule has 0 atom stereocenters. The van der Waals surface area contributed by atoms with Crippen molar-refractivity contribution < 1.29 is 19.1 Å². The van der Waals surface area contributed by atoms with E-state index in [2.05, 4.69) is 122 Å². The normalized spacial score (nSPS) is 10.9. The maximum Gasteiger partial charge on any atom is 0.338 e. The van der Waals surface area contributed by atoms with Crippen LogP contribution in [0.1, 0.15) is 25.0 Å². The van der Waals surface area contributed by atoms with Crippen LogP contribution in [0.4, 0.5) is 34.1 Å². The molecule has 6 nitrogen and oxygen atoms in total. The predicted octanol–water partition coefficient (Wildman–Crippen LogP) is 12.5. The average Bonchev–Trinajstić information content (AvgIpc) is 3.17. The minimum atomic E-state index is -0.471. The van der Waals surface area contributed by atoms with Gasteiger partial charge in [0.1, 0.15) is 11.5 Å². The SMILES string of the molecule is C=C(C)C(=O)Oc1cccc2c(N(c3ccc(C)cc3)c3cccc(N(c4ccc(C)cc4)c4cccc5c(OC(=O)C(=C)C)cccc45)c3)cccc12. The van der Waals surface area contributed by atoms with Gasteiger partial charge in [-0.25, -0.2) is 9.59 Å². The van der Waals surface area contributed by atoms with E-state index >= 15 is 0 Å². The number of hydrogen-bond acceptors (Lipinski definition) is 6. The second kappa shape index (κ2) is 15.0. The Hall–Kier alpha value is -6.92. The van der Waals surface area contributed by atoms with Gasteiger partial charge in [0.2, 0.25) is 0 Å². The second-order valence-corrected chi connectivity index (χ2v) is 13.5. The van der Waals surface area contributed by atoms with Crippen molar-refractivity contribution in [1.29, 1.82) is 0 Å². The van der Waals surface area contributed by atoms with Crippen molar-refractivity contribution in [2.75, 3.05) is 9.80 Å². The van der Waals surface area contributed by atoms with Gasteiger partial charge >= 0.3 is 11.9 Å². The van der Waals surface area contributed by atoms with E-state index in [0.717, 1.165) is 66.8 Å². The van der Waals surface area contributed by atoms with Gasteiger partial charge in [-0.2, -0.15) is 0 Å². The number of esters is 2. The monoisotopic (exact) mass is 708 g/mol. The molecule has 0 bridgehead atoms. The van der Waals surface area contributed by atoms with Crippen LogP contribution in [0, 0.1) is 13.8 Å². The van der Waals surface area contributed by atoms with E-state index in [0.29, 0.717) is 22.6 Å². The molecule has 0 aromatic heterocycles. The van der Waals surface area contributed by atoms with Crippen LogP contribution in [0.15, 0.2) is 170 Å². The smallest absolute Gasteiger partial charge is 0.338 e. The lowest BCUT2D eigenvalue weighted by Gasteiger charge is -2.31. The van der Waals surface area contributed by atoms with Gasteiger partial charge in [0.25, 0.3) is 0 Å². The molecule has 0 heterocycles. The molecule has 7 aromatic rings. The lowest BCUT2D eigenvalue weighted by molar-refractivity contribution is -0.130. The maximum atomic E-state index is 12.6. The Morgan fingerprint density at radius 2 is 0.796 bits per heavy atom. The number of benzene rings is 7. The number of anilines is 6. The quantitative estimate of drug-likeness (QED) is 0.0801. The highest BCUT2D eigenvalue weighted by Crippen LogP contribution is 2.45. The first kappa shape index (κ1) is 35.5. The number of ether oxygens (including phenoxy) is 2. The number of carbonyl (C=O) groups is 2. The summed E-state index contributed by atoms with van der Waals surface area (Å²) < 4.78 is 11.6. The Kier molecular flexibility index (Phi) is 9.84. The van der Waals surface area contributed by atoms with E-state index in [1.54, 1.807) is 26.0 Å². The minimum Gasteiger partial charge on any atom is -0.423 e. The van der Waals surface area contributed by atoms with Crippen molar-refractivity contribution in [2.45, 2.75) is 27.7 Å². The van der Waals surface area contributed by atoms with Crippen molar-refractivity contribution >= 4 is 67.6 Å². The van der Waals surface area contributed by atoms with Gasteiger partial charge in [0, 0.05) is 55.4 Å². The van der Waals surface area contributed by atoms with Gasteiger partial charge in [0.05, 0.1) is 11.4 Å². The predicted molar refractivity (Wildman–Crippen MR) is 221 cm³/mol. The van der Waals surface area contributed by atoms with E-state index < -0.39 is 11.9 Å². The Morgan fingerprint density at radius 3 is 1.19 bits per heavy atom. The summed E-state index contributed by atoms with van der Waals surface area (Å²) >= 11 is 0. The van der Waals surface area contributed by atoms with Crippen molar-refractivity contribution in [3.8, 4) is 11.5 Å². The molecule has 0 spiro atoms. The fourth-order valence-electron chi connectivity index (χ4n) is 6.48. The number of fused-ring (bicyclic) bond motifs is 2. The van der Waals surface area contributed by atoms with E-state index in [1.807, 2.05) is 48.5 Å². The Labute approximate surface area is 315 Å². The van der Waals surface area contributed by atoms with Gasteiger partial charge in [0.15, 0.2) is 0 Å². The van der Waals surface area contributed by atoms with Gasteiger partial charge in [-0.1, -0.05) is 103 Å². The highest BCUT2D eigenvalue weighted by atomic mass is 16.5. The molecule has 0 radical (unpaired) electrons. The van der Waals surface area contributed by atoms with Crippen LogP contribution in [0.5, 0.6) is 11.5 Å². The molecule has 0 saturated carbocycles. The molecule has 0 aliphatic carbocycles. The molecule has 0 amide bonds. The van der Waals surface area contributed by atoms with Crippen LogP contribution in [-0.2, 0) is 9.59 Å². The van der Waals surface area contributed by atoms with Crippen LogP contribution in [0.25, 0.3) is 21.5 Å². The summed E-state index contributed by atoms with van der Waals surface area (Å²) in [6, 6.07) is 48.8. The zero-order valence-corrected chi connectivity index (χ0v) is 30.8. The standard InChI is InChI=1S/C48H40N2O4/c1-31(2)47(51)53-45-20-10-14-39-41(45)16-8-18-43(39)49(35-26-22-33(5)23-27-35)37-12-7-13-38(30-37)50(36-28-24-34(6)25-29-36)44-19-9-17-42-40(44)15-11-21-46(42)54-48(52)32(3)4/h7-30H,1,3H2,2,4-6H3. The van der Waals surface area contributed by atoms with Gasteiger partial charge in [-0.3, -0.25) is 0 Å². The van der Waals surface area contributed by atoms with Crippen molar-refractivity contribution in [3.63, 3.8) is 0 Å². The Bertz CT molecular complexity index is 2390. The average molecular weight is 709 g/mol. The number of nitrogens with zero attached hydrogens (tertiary/aromatic N) is 2. The van der Waals surface area contributed by atoms with E-state index in [9.17, 15) is 9.59 Å². The summed E-state index contributed by atoms with van der Waals surface area (Å²) in [5.74, 6) is -0.00650. The minimum absolute atomic E-state index is 0.328. The molecule has 266 valence electrons. The fraction of sp³-hybridized carbons (Fsp3) is 0.0833. The first-order chi connectivity index (χ1) is 26.1. The molecule has 0 aliphatic heterocycles. The van der Waals surface area contributed by atoms with Gasteiger partial charge in [-0.15, -0.1) is 0 Å². The van der Waals surface area contributed by atoms with E-state index in [4.69, 9.17) is 9.47 Å². The maximum absolute atomic E-state index is 12.6. The molecule has 7 aromatic carbocycles. The van der Waals surface area contributed by atoms with Gasteiger partial charge < -0.3 is 19.3 Å². The second-order valence-electron chi connectivity index (χ2n) is 13.5. The van der Waals surface area contributed by atoms with Crippen molar-refractivity contribution in [2.24, 2.45) is 0 Å². The third-order valence-corrected chi connectivity index (χ3v) is 9.23. The molecule has 0 aliphatic rings.